The largest absolute Gasteiger partial charge is 0.542 e. The number of aromatic amines is 1. The summed E-state index contributed by atoms with van der Waals surface area (Å²) < 4.78 is 65.3. The maximum Gasteiger partial charge on any atom is 0.430 e. The monoisotopic (exact) mass is 506 g/mol. The van der Waals surface area contributed by atoms with Gasteiger partial charge in [0.15, 0.2) is 18.5 Å². The van der Waals surface area contributed by atoms with Crippen LogP contribution in [-0.2, 0) is 9.59 Å². The number of aliphatic carboxylic acids is 2. The van der Waals surface area contributed by atoms with Crippen molar-refractivity contribution in [3.05, 3.63) is 48.0 Å². The van der Waals surface area contributed by atoms with Crippen LogP contribution in [0.4, 0.5) is 32.2 Å². The van der Waals surface area contributed by atoms with Crippen LogP contribution in [0.1, 0.15) is 35.7 Å². The van der Waals surface area contributed by atoms with E-state index < -0.39 is 24.3 Å². The molecule has 2 aliphatic heterocycles. The van der Waals surface area contributed by atoms with Crippen molar-refractivity contribution in [1.82, 2.24) is 15.0 Å². The zero-order valence-electron chi connectivity index (χ0n) is 17.3. The number of alkyl halides is 6. The predicted octanol–water partition coefficient (Wildman–Crippen LogP) is -1.27. The summed E-state index contributed by atoms with van der Waals surface area (Å²) in [5.74, 6) is -5.51. The molecule has 35 heavy (non-hydrogen) atoms. The summed E-state index contributed by atoms with van der Waals surface area (Å²) in [6.45, 7) is 0. The molecule has 1 aromatic carbocycles. The molecule has 2 aromatic heterocycles. The number of H-pyrrole nitrogens is 1. The van der Waals surface area contributed by atoms with Gasteiger partial charge in [0.1, 0.15) is 30.1 Å². The highest BCUT2D eigenvalue weighted by atomic mass is 19.4. The third-order valence-corrected chi connectivity index (χ3v) is 5.37. The van der Waals surface area contributed by atoms with Gasteiger partial charge in [-0.05, 0) is 0 Å². The van der Waals surface area contributed by atoms with E-state index in [1.54, 1.807) is 0 Å². The lowest BCUT2D eigenvalue weighted by Crippen LogP contribution is -2.80. The molecule has 2 aliphatic rings. The van der Waals surface area contributed by atoms with E-state index in [-0.39, 0.29) is 0 Å². The van der Waals surface area contributed by atoms with Gasteiger partial charge in [-0.2, -0.15) is 31.3 Å². The van der Waals surface area contributed by atoms with Gasteiger partial charge in [-0.3, -0.25) is 4.98 Å². The van der Waals surface area contributed by atoms with Gasteiger partial charge in [0.25, 0.3) is 0 Å². The molecule has 1 saturated heterocycles. The van der Waals surface area contributed by atoms with Crippen LogP contribution in [-0.4, -0.2) is 39.2 Å². The van der Waals surface area contributed by atoms with Crippen LogP contribution < -0.4 is 25.8 Å². The molecule has 2 bridgehead atoms. The SMILES string of the molecule is Nc1ncnc2c1[nH]c[n+]2C1C[C@H]2[NH2+][C@@H]1c1ccccc12.O=C([O-])C(F)(F)F.O=C([O-])C(F)(F)F. The standard InChI is InChI=1S/C15H14N6.2C2HF3O2/c16-14-13-15(18-6-17-14)21(7-19-13)11-5-10-8-3-1-2-4-9(8)12(11)20-10;2*3-2(4,5)1(6)7/h1-4,6-7,10-12,20H,5H2,(H2,16,17,18);2*(H,6,7)/t10-,11?,12-;;/m1../s1. The lowest BCUT2D eigenvalue weighted by molar-refractivity contribution is -0.763. The molecule has 1 unspecified atom stereocenters. The Balaban J connectivity index is 0.000000205. The van der Waals surface area contributed by atoms with Gasteiger partial charge >= 0.3 is 18.0 Å². The third-order valence-electron chi connectivity index (χ3n) is 5.37. The molecule has 5 rings (SSSR count). The second-order valence-electron chi connectivity index (χ2n) is 7.47. The van der Waals surface area contributed by atoms with Gasteiger partial charge in [-0.1, -0.05) is 29.2 Å². The minimum Gasteiger partial charge on any atom is -0.542 e. The van der Waals surface area contributed by atoms with Gasteiger partial charge in [-0.25, -0.2) is 4.57 Å². The summed E-state index contributed by atoms with van der Waals surface area (Å²) in [5.41, 5.74) is 10.6. The molecule has 188 valence electrons. The maximum atomic E-state index is 10.5. The van der Waals surface area contributed by atoms with Crippen molar-refractivity contribution in [3.63, 3.8) is 0 Å². The third kappa shape index (κ3) is 5.42. The Morgan fingerprint density at radius 3 is 2.11 bits per heavy atom. The smallest absolute Gasteiger partial charge is 0.430 e. The fourth-order valence-electron chi connectivity index (χ4n) is 4.02. The average Bonchev–Trinajstić information content (AvgIpc) is 3.47. The lowest BCUT2D eigenvalue weighted by atomic mass is 9.88. The van der Waals surface area contributed by atoms with Crippen LogP contribution in [0.15, 0.2) is 36.9 Å². The number of hydrogen-bond acceptors (Lipinski definition) is 7. The zero-order valence-corrected chi connectivity index (χ0v) is 17.3. The number of nitrogens with one attached hydrogen (secondary N) is 1. The van der Waals surface area contributed by atoms with Crippen LogP contribution in [0.3, 0.4) is 0 Å². The molecule has 5 N–H and O–H groups in total. The van der Waals surface area contributed by atoms with E-state index in [0.717, 1.165) is 17.6 Å². The molecule has 0 amide bonds. The maximum absolute atomic E-state index is 10.5. The van der Waals surface area contributed by atoms with Gasteiger partial charge in [0.05, 0.1) is 0 Å². The number of nitrogens with two attached hydrogens (primary N) is 2. The number of carbonyl (C=O) groups is 2. The number of imidazole rings is 1. The quantitative estimate of drug-likeness (QED) is 0.273. The van der Waals surface area contributed by atoms with Crippen LogP contribution in [0.25, 0.3) is 11.2 Å². The van der Waals surface area contributed by atoms with E-state index in [1.165, 1.54) is 17.5 Å². The van der Waals surface area contributed by atoms with Crippen molar-refractivity contribution in [3.8, 4) is 0 Å². The molecule has 0 radical (unpaired) electrons. The minimum absolute atomic E-state index is 0.410. The van der Waals surface area contributed by atoms with Gasteiger partial charge in [0, 0.05) is 17.5 Å². The van der Waals surface area contributed by atoms with E-state index in [2.05, 4.69) is 49.1 Å². The summed E-state index contributed by atoms with van der Waals surface area (Å²) in [5, 5.41) is 20.0. The number of carbonyl (C=O) groups excluding carboxylic acids is 2. The molecule has 0 spiro atoms. The highest BCUT2D eigenvalue weighted by Gasteiger charge is 2.50. The number of nitrogens with zero attached hydrogens (tertiary/aromatic N) is 3. The normalized spacial score (nSPS) is 20.3. The predicted molar refractivity (Wildman–Crippen MR) is 98.1 cm³/mol. The number of carboxylic acids is 2. The Kier molecular flexibility index (Phi) is 6.86. The van der Waals surface area contributed by atoms with Gasteiger partial charge in [0.2, 0.25) is 5.52 Å². The van der Waals surface area contributed by atoms with Gasteiger partial charge < -0.3 is 30.9 Å². The number of anilines is 1. The summed E-state index contributed by atoms with van der Waals surface area (Å²) in [6, 6.07) is 10.2. The van der Waals surface area contributed by atoms with Crippen LogP contribution in [0.2, 0.25) is 0 Å². The fourth-order valence-corrected chi connectivity index (χ4v) is 4.02. The highest BCUT2D eigenvalue weighted by molar-refractivity contribution is 5.78. The van der Waals surface area contributed by atoms with E-state index in [9.17, 15) is 26.3 Å². The van der Waals surface area contributed by atoms with E-state index in [0.29, 0.717) is 23.9 Å². The van der Waals surface area contributed by atoms with Crippen molar-refractivity contribution < 1.29 is 56.0 Å². The Morgan fingerprint density at radius 1 is 1.03 bits per heavy atom. The summed E-state index contributed by atoms with van der Waals surface area (Å²) in [6.07, 6.45) is -5.74. The topological polar surface area (TPSA) is 168 Å². The molecular weight excluding hydrogens is 490 g/mol. The Bertz CT molecular complexity index is 1220. The number of rotatable bonds is 1. The summed E-state index contributed by atoms with van der Waals surface area (Å²) >= 11 is 0. The molecule has 0 saturated carbocycles. The average molecular weight is 506 g/mol. The number of hydrogen-bond donors (Lipinski definition) is 3. The van der Waals surface area contributed by atoms with E-state index in [1.807, 2.05) is 6.33 Å². The van der Waals surface area contributed by atoms with Crippen LogP contribution in [0.5, 0.6) is 0 Å². The van der Waals surface area contributed by atoms with E-state index in [4.69, 9.17) is 25.5 Å². The summed E-state index contributed by atoms with van der Waals surface area (Å²) in [4.78, 5) is 29.2. The zero-order chi connectivity index (χ0) is 26.1. The first kappa shape index (κ1) is 25.7. The second kappa shape index (κ2) is 9.36. The Labute approximate surface area is 191 Å². The number of carboxylic acid groups (broad SMARTS) is 2. The molecule has 3 aromatic rings. The van der Waals surface area contributed by atoms with Crippen molar-refractivity contribution in [1.29, 1.82) is 0 Å². The van der Waals surface area contributed by atoms with Crippen LogP contribution in [0, 0.1) is 0 Å². The first-order valence-corrected chi connectivity index (χ1v) is 9.70. The first-order chi connectivity index (χ1) is 16.2. The molecule has 1 fully saturated rings. The number of nitrogen functional groups attached to an aromatic ring is 1. The molecular formula is C19H16F6N6O4. The number of fused-ring (bicyclic) bond motifs is 6. The Hall–Kier alpha value is -3.95. The number of benzene rings is 1. The first-order valence-electron chi connectivity index (χ1n) is 9.70. The fraction of sp³-hybridized carbons (Fsp3) is 0.316. The molecule has 3 atom stereocenters. The Morgan fingerprint density at radius 2 is 1.57 bits per heavy atom. The highest BCUT2D eigenvalue weighted by Crippen LogP contribution is 2.43. The number of aromatic nitrogens is 4. The van der Waals surface area contributed by atoms with Crippen molar-refractivity contribution in [2.75, 3.05) is 5.73 Å². The molecule has 10 nitrogen and oxygen atoms in total. The summed E-state index contributed by atoms with van der Waals surface area (Å²) in [7, 11) is 0. The molecule has 16 heteroatoms. The minimum atomic E-state index is -5.19. The van der Waals surface area contributed by atoms with Crippen molar-refractivity contribution in [2.45, 2.75) is 36.9 Å². The lowest BCUT2D eigenvalue weighted by Gasteiger charge is -2.17. The number of quaternary nitrogens is 1. The molecule has 4 heterocycles. The van der Waals surface area contributed by atoms with E-state index >= 15 is 0 Å². The van der Waals surface area contributed by atoms with Crippen LogP contribution >= 0.6 is 0 Å². The second-order valence-corrected chi connectivity index (χ2v) is 7.47. The van der Waals surface area contributed by atoms with Gasteiger partial charge in [-0.15, -0.1) is 0 Å². The van der Waals surface area contributed by atoms with Crippen molar-refractivity contribution in [2.24, 2.45) is 0 Å². The van der Waals surface area contributed by atoms with Crippen molar-refractivity contribution >= 4 is 28.9 Å². The molecule has 0 aliphatic carbocycles. The number of halogens is 6.